The van der Waals surface area contributed by atoms with Crippen molar-refractivity contribution in [1.82, 2.24) is 0 Å². The first-order chi connectivity index (χ1) is 25.5. The Morgan fingerprint density at radius 2 is 0.885 bits per heavy atom. The van der Waals surface area contributed by atoms with Gasteiger partial charge in [-0.25, -0.2) is 0 Å². The van der Waals surface area contributed by atoms with E-state index in [4.69, 9.17) is 0 Å². The topological polar surface area (TPSA) is 0 Å². The minimum atomic E-state index is -0.0431. The van der Waals surface area contributed by atoms with Crippen LogP contribution < -0.4 is 0 Å². The van der Waals surface area contributed by atoms with E-state index >= 15 is 0 Å². The van der Waals surface area contributed by atoms with Crippen LogP contribution in [-0.4, -0.2) is 0 Å². The van der Waals surface area contributed by atoms with Crippen molar-refractivity contribution in [3.8, 4) is 44.5 Å². The number of rotatable bonds is 3. The van der Waals surface area contributed by atoms with Crippen molar-refractivity contribution in [3.05, 3.63) is 181 Å². The van der Waals surface area contributed by atoms with Crippen LogP contribution in [0.4, 0.5) is 0 Å². The van der Waals surface area contributed by atoms with E-state index in [1.54, 1.807) is 0 Å². The molecule has 0 unspecified atom stereocenters. The van der Waals surface area contributed by atoms with Gasteiger partial charge in [0.1, 0.15) is 0 Å². The lowest BCUT2D eigenvalue weighted by Gasteiger charge is -2.21. The van der Waals surface area contributed by atoms with Gasteiger partial charge in [-0.2, -0.15) is 0 Å². The zero-order chi connectivity index (χ0) is 34.6. The van der Waals surface area contributed by atoms with Crippen molar-refractivity contribution in [1.29, 1.82) is 0 Å². The Balaban J connectivity index is 1.04. The van der Waals surface area contributed by atoms with Gasteiger partial charge in [0.25, 0.3) is 0 Å². The fourth-order valence-corrected chi connectivity index (χ4v) is 10.2. The summed E-state index contributed by atoms with van der Waals surface area (Å²) in [5.41, 5.74) is 13.1. The van der Waals surface area contributed by atoms with E-state index in [1.807, 2.05) is 11.3 Å². The molecule has 0 atom stereocenters. The summed E-state index contributed by atoms with van der Waals surface area (Å²) in [6.07, 6.45) is 0. The van der Waals surface area contributed by atoms with Gasteiger partial charge in [0.2, 0.25) is 0 Å². The summed E-state index contributed by atoms with van der Waals surface area (Å²) in [5, 5.41) is 10.4. The van der Waals surface area contributed by atoms with Crippen molar-refractivity contribution in [2.45, 2.75) is 19.3 Å². The molecule has 1 aliphatic carbocycles. The first-order valence-electron chi connectivity index (χ1n) is 18.2. The first-order valence-corrected chi connectivity index (χ1v) is 19.0. The number of fused-ring (bicyclic) bond motifs is 9. The van der Waals surface area contributed by atoms with Gasteiger partial charge in [-0.05, 0) is 118 Å². The lowest BCUT2D eigenvalue weighted by Crippen LogP contribution is -2.14. The Labute approximate surface area is 307 Å². The van der Waals surface area contributed by atoms with Crippen LogP contribution in [0.3, 0.4) is 0 Å². The smallest absolute Gasteiger partial charge is 0.0358 e. The van der Waals surface area contributed by atoms with Crippen LogP contribution in [0.2, 0.25) is 0 Å². The van der Waals surface area contributed by atoms with Gasteiger partial charge in [0.05, 0.1) is 0 Å². The fourth-order valence-electron chi connectivity index (χ4n) is 9.07. The Hall–Kier alpha value is -6.02. The standard InChI is InChI=1S/C51H34S/c1-51(2)45-26-25-35(28-42(45)43-29-44-37-13-9-10-18-47(37)52-48(44)30-46(43)51)32-19-22-33(23-20-32)49-38-14-5-7-16-40(38)50(41-17-8-6-15-39(41)49)36-24-21-31-11-3-4-12-34(31)27-36/h3-30H,1-2H3. The lowest BCUT2D eigenvalue weighted by atomic mass is 9.82. The maximum absolute atomic E-state index is 2.46. The van der Waals surface area contributed by atoms with Gasteiger partial charge in [-0.1, -0.05) is 153 Å². The van der Waals surface area contributed by atoms with Gasteiger partial charge < -0.3 is 0 Å². The second kappa shape index (κ2) is 11.0. The number of benzene rings is 9. The molecule has 0 radical (unpaired) electrons. The molecule has 0 amide bonds. The molecule has 1 aliphatic rings. The average Bonchev–Trinajstić information content (AvgIpc) is 3.66. The summed E-state index contributed by atoms with van der Waals surface area (Å²) in [5.74, 6) is 0. The largest absolute Gasteiger partial charge is 0.135 e. The van der Waals surface area contributed by atoms with Gasteiger partial charge in [-0.15, -0.1) is 11.3 Å². The SMILES string of the molecule is CC1(C)c2ccc(-c3ccc(-c4c5ccccc5c(-c5ccc6ccccc6c5)c5ccccc45)cc3)cc2-c2cc3c(cc21)sc1ccccc13. The Morgan fingerprint density at radius 3 is 1.60 bits per heavy atom. The summed E-state index contributed by atoms with van der Waals surface area (Å²) < 4.78 is 2.74. The molecule has 0 saturated carbocycles. The van der Waals surface area contributed by atoms with E-state index < -0.39 is 0 Å². The highest BCUT2D eigenvalue weighted by Crippen LogP contribution is 2.52. The van der Waals surface area contributed by atoms with Crippen LogP contribution in [0.25, 0.3) is 97.0 Å². The fraction of sp³-hybridized carbons (Fsp3) is 0.0588. The van der Waals surface area contributed by atoms with Crippen LogP contribution in [0.1, 0.15) is 25.0 Å². The van der Waals surface area contributed by atoms with Crippen molar-refractivity contribution in [2.24, 2.45) is 0 Å². The van der Waals surface area contributed by atoms with Gasteiger partial charge in [0.15, 0.2) is 0 Å². The van der Waals surface area contributed by atoms with Crippen LogP contribution >= 0.6 is 11.3 Å². The first kappa shape index (κ1) is 29.7. The Kier molecular flexibility index (Phi) is 6.27. The molecule has 244 valence electrons. The van der Waals surface area contributed by atoms with E-state index in [1.165, 1.54) is 108 Å². The van der Waals surface area contributed by atoms with E-state index in [-0.39, 0.29) is 5.41 Å². The highest BCUT2D eigenvalue weighted by molar-refractivity contribution is 7.25. The third kappa shape index (κ3) is 4.27. The predicted molar refractivity (Wildman–Crippen MR) is 226 cm³/mol. The van der Waals surface area contributed by atoms with Gasteiger partial charge in [-0.3, -0.25) is 0 Å². The highest BCUT2D eigenvalue weighted by Gasteiger charge is 2.36. The van der Waals surface area contributed by atoms with Gasteiger partial charge in [0, 0.05) is 25.6 Å². The normalized spacial score (nSPS) is 13.3. The number of hydrogen-bond donors (Lipinski definition) is 0. The van der Waals surface area contributed by atoms with Crippen LogP contribution in [0, 0.1) is 0 Å². The van der Waals surface area contributed by atoms with E-state index in [9.17, 15) is 0 Å². The maximum atomic E-state index is 2.46. The predicted octanol–water partition coefficient (Wildman–Crippen LogP) is 14.8. The molecule has 0 nitrogen and oxygen atoms in total. The second-order valence-electron chi connectivity index (χ2n) is 14.9. The maximum Gasteiger partial charge on any atom is 0.0358 e. The van der Waals surface area contributed by atoms with Crippen LogP contribution in [0.5, 0.6) is 0 Å². The Bertz CT molecular complexity index is 3030. The molecular formula is C51H34S. The molecule has 10 aromatic rings. The minimum Gasteiger partial charge on any atom is -0.135 e. The molecule has 1 heterocycles. The molecule has 0 N–H and O–H groups in total. The average molecular weight is 679 g/mol. The molecule has 1 aromatic heterocycles. The molecule has 0 saturated heterocycles. The summed E-state index contributed by atoms with van der Waals surface area (Å²) in [6, 6.07) is 63.5. The molecule has 11 rings (SSSR count). The lowest BCUT2D eigenvalue weighted by molar-refractivity contribution is 0.661. The summed E-state index contributed by atoms with van der Waals surface area (Å²) >= 11 is 1.91. The third-order valence-electron chi connectivity index (χ3n) is 11.6. The van der Waals surface area contributed by atoms with Crippen LogP contribution in [-0.2, 0) is 5.41 Å². The molecule has 1 heteroatoms. The van der Waals surface area contributed by atoms with Crippen molar-refractivity contribution in [3.63, 3.8) is 0 Å². The van der Waals surface area contributed by atoms with E-state index in [0.717, 1.165) is 0 Å². The monoisotopic (exact) mass is 678 g/mol. The molecule has 9 aromatic carbocycles. The summed E-state index contributed by atoms with van der Waals surface area (Å²) in [4.78, 5) is 0. The number of hydrogen-bond acceptors (Lipinski definition) is 1. The van der Waals surface area contributed by atoms with E-state index in [2.05, 4.69) is 184 Å². The van der Waals surface area contributed by atoms with E-state index in [0.29, 0.717) is 0 Å². The molecular weight excluding hydrogens is 645 g/mol. The van der Waals surface area contributed by atoms with Crippen molar-refractivity contribution < 1.29 is 0 Å². The highest BCUT2D eigenvalue weighted by atomic mass is 32.1. The zero-order valence-electron chi connectivity index (χ0n) is 29.1. The van der Waals surface area contributed by atoms with Crippen molar-refractivity contribution >= 4 is 63.8 Å². The summed E-state index contributed by atoms with van der Waals surface area (Å²) in [6.45, 7) is 4.76. The molecule has 0 bridgehead atoms. The molecule has 0 aliphatic heterocycles. The minimum absolute atomic E-state index is 0.0431. The van der Waals surface area contributed by atoms with Crippen LogP contribution in [0.15, 0.2) is 170 Å². The molecule has 0 fully saturated rings. The third-order valence-corrected chi connectivity index (χ3v) is 12.8. The number of thiophene rings is 1. The Morgan fingerprint density at radius 1 is 0.346 bits per heavy atom. The summed E-state index contributed by atoms with van der Waals surface area (Å²) in [7, 11) is 0. The second-order valence-corrected chi connectivity index (χ2v) is 15.9. The molecule has 0 spiro atoms. The molecule has 52 heavy (non-hydrogen) atoms. The quantitative estimate of drug-likeness (QED) is 0.163. The van der Waals surface area contributed by atoms with Crippen molar-refractivity contribution in [2.75, 3.05) is 0 Å². The van der Waals surface area contributed by atoms with Gasteiger partial charge >= 0.3 is 0 Å². The zero-order valence-corrected chi connectivity index (χ0v) is 29.9.